The van der Waals surface area contributed by atoms with Crippen molar-refractivity contribution in [2.75, 3.05) is 62.6 Å². The average Bonchev–Trinajstić information content (AvgIpc) is 0.728. The number of hydrogen-bond donors (Lipinski definition) is 5. The Labute approximate surface area is 569 Å². The van der Waals surface area contributed by atoms with Gasteiger partial charge in [-0.1, -0.05) is 82.4 Å². The quantitative estimate of drug-likeness (QED) is 0.0395. The molecule has 24 heteroatoms. The lowest BCUT2D eigenvalue weighted by atomic mass is 9.39. The number of anilines is 4. The van der Waals surface area contributed by atoms with Gasteiger partial charge in [-0.25, -0.2) is 19.7 Å². The van der Waals surface area contributed by atoms with Crippen molar-refractivity contribution < 1.29 is 38.9 Å². The highest BCUT2D eigenvalue weighted by Gasteiger charge is 2.66. The third-order valence-electron chi connectivity index (χ3n) is 21.1. The highest BCUT2D eigenvalue weighted by Crippen LogP contribution is 2.72. The van der Waals surface area contributed by atoms with Gasteiger partial charge in [0, 0.05) is 106 Å². The van der Waals surface area contributed by atoms with Gasteiger partial charge in [0.2, 0.25) is 23.6 Å². The maximum Gasteiger partial charge on any atom is 0.355 e. The van der Waals surface area contributed by atoms with Crippen molar-refractivity contribution in [3.63, 3.8) is 0 Å². The first-order chi connectivity index (χ1) is 45.8. The predicted molar refractivity (Wildman–Crippen MR) is 370 cm³/mol. The van der Waals surface area contributed by atoms with Crippen molar-refractivity contribution in [1.82, 2.24) is 60.3 Å². The molecule has 14 rings (SSSR count). The number of nitrogens with zero attached hydrogens (tertiary/aromatic N) is 11. The number of carbonyl (C=O) groups excluding carboxylic acids is 4. The van der Waals surface area contributed by atoms with E-state index >= 15 is 0 Å². The number of aromatic carboxylic acids is 1. The van der Waals surface area contributed by atoms with Crippen LogP contribution in [0.1, 0.15) is 150 Å². The third kappa shape index (κ3) is 13.9. The second-order valence-electron chi connectivity index (χ2n) is 30.1. The number of pyridine rings is 1. The second kappa shape index (κ2) is 26.6. The van der Waals surface area contributed by atoms with E-state index in [2.05, 4.69) is 49.5 Å². The van der Waals surface area contributed by atoms with E-state index in [1.54, 1.807) is 28.9 Å². The van der Waals surface area contributed by atoms with Crippen LogP contribution in [-0.2, 0) is 43.4 Å². The number of ether oxygens (including phenoxy) is 1. The first-order valence-electron chi connectivity index (χ1n) is 34.1. The van der Waals surface area contributed by atoms with Gasteiger partial charge in [-0.2, -0.15) is 5.10 Å². The second-order valence-corrected chi connectivity index (χ2v) is 32.0. The first kappa shape index (κ1) is 66.8. The number of hydrogen-bond acceptors (Lipinski definition) is 18. The Kier molecular flexibility index (Phi) is 18.5. The fraction of sp³-hybridized carbons (Fsp3) is 0.542. The van der Waals surface area contributed by atoms with Gasteiger partial charge >= 0.3 is 5.97 Å². The van der Waals surface area contributed by atoms with Crippen molar-refractivity contribution in [3.05, 3.63) is 106 Å². The fourth-order valence-corrected chi connectivity index (χ4v) is 19.3. The molecule has 8 heterocycles. The number of aromatic nitrogens is 7. The lowest BCUT2D eigenvalue weighted by Crippen LogP contribution is -2.64. The van der Waals surface area contributed by atoms with Crippen LogP contribution in [0.25, 0.3) is 31.8 Å². The number of aliphatic hydroxyl groups is 1. The van der Waals surface area contributed by atoms with Crippen molar-refractivity contribution in [1.29, 1.82) is 0 Å². The number of amides is 4. The van der Waals surface area contributed by atoms with E-state index in [1.807, 2.05) is 118 Å². The highest BCUT2D eigenvalue weighted by molar-refractivity contribution is 7.22. The molecule has 0 spiro atoms. The number of unbranched alkanes of at least 4 members (excludes halogenated alkanes) is 1. The standard InChI is InChI=1S/C72H90N14O8S2/c1-44-50-14-13-25-84(63(50)81-80-62(44)79-67-76-53-15-9-10-16-55(53)96-67)56-24-23-51(59(77-56)66(92)93)52-34-75-86(46(52)3)42-71-37-69(7)36-70(8,38-71)40-72(39-69,41-71)94-31-30-82-26-28-83(29-27-82)58(89)18-12-11-17-57(88)78-61(68(4,5)6)65(91)85-35-49(87)32-54(85)64(90)73-33-47-19-21-48(22-20-47)60-45(2)74-43-95-60/h9-10,15-16,19-24,34,43,49,54,61,87H,11-14,17-18,25-33,35-42H2,1-8H3,(H,73,90)(H,78,88)(H,92,93)(H,76,79,80)/t49-,54+,61-,69?,70?,71?,72?/m1/s1. The normalized spacial score (nSPS) is 24.3. The number of aryl methyl sites for hydroxylation is 1. The van der Waals surface area contributed by atoms with E-state index in [9.17, 15) is 34.2 Å². The molecule has 4 aliphatic carbocycles. The minimum Gasteiger partial charge on any atom is -0.476 e. The molecule has 2 unspecified atom stereocenters. The van der Waals surface area contributed by atoms with E-state index in [0.717, 1.165) is 130 Å². The van der Waals surface area contributed by atoms with E-state index in [4.69, 9.17) is 24.9 Å². The zero-order chi connectivity index (χ0) is 67.5. The first-order valence-corrected chi connectivity index (χ1v) is 35.8. The lowest BCUT2D eigenvalue weighted by Gasteiger charge is -2.69. The Hall–Kier alpha value is -7.77. The molecule has 5 atom stereocenters. The summed E-state index contributed by atoms with van der Waals surface area (Å²) in [6.07, 6.45) is 10.4. The third-order valence-corrected chi connectivity index (χ3v) is 23.0. The molecule has 508 valence electrons. The molecule has 4 saturated carbocycles. The van der Waals surface area contributed by atoms with Crippen LogP contribution in [0.2, 0.25) is 0 Å². The van der Waals surface area contributed by atoms with E-state index in [1.165, 1.54) is 4.90 Å². The molecule has 2 saturated heterocycles. The summed E-state index contributed by atoms with van der Waals surface area (Å²) in [5, 5.41) is 45.9. The Balaban J connectivity index is 0.570. The molecule has 4 bridgehead atoms. The summed E-state index contributed by atoms with van der Waals surface area (Å²) in [4.78, 5) is 90.8. The minimum absolute atomic E-state index is 0.00940. The van der Waals surface area contributed by atoms with Gasteiger partial charge < -0.3 is 45.6 Å². The summed E-state index contributed by atoms with van der Waals surface area (Å²) in [5.74, 6) is -0.287. The lowest BCUT2D eigenvalue weighted by molar-refractivity contribution is -0.249. The SMILES string of the molecule is Cc1ncsc1-c1ccc(CNC(=O)[C@@H]2C[C@@H](O)CN2C(=O)[C@@H](NC(=O)CCCCC(=O)N2CCN(CCOC34CC5(C)CC(C)(CC(Cn6ncc(-c7ccc(N8CCCc9c8nnc(Nc8nc%10ccccc%10s8)c9C)nc7C(=O)O)c6C)(C5)C3)C4)CC2)C(C)(C)C)cc1. The molecule has 2 aromatic carbocycles. The van der Waals surface area contributed by atoms with E-state index in [0.29, 0.717) is 75.1 Å². The van der Waals surface area contributed by atoms with Crippen LogP contribution < -0.4 is 20.9 Å². The number of β-amino-alcohol motifs (C(OH)–C–C–N with tert-alkyl or cyclic N) is 1. The number of carbonyl (C=O) groups is 5. The summed E-state index contributed by atoms with van der Waals surface area (Å²) in [6.45, 7) is 22.3. The Morgan fingerprint density at radius 3 is 2.31 bits per heavy atom. The van der Waals surface area contributed by atoms with E-state index < -0.39 is 35.5 Å². The van der Waals surface area contributed by atoms with E-state index in [-0.39, 0.29) is 71.2 Å². The van der Waals surface area contributed by atoms with Gasteiger partial charge in [0.05, 0.1) is 50.8 Å². The predicted octanol–water partition coefficient (Wildman–Crippen LogP) is 10.6. The zero-order valence-electron chi connectivity index (χ0n) is 56.5. The highest BCUT2D eigenvalue weighted by atomic mass is 32.1. The smallest absolute Gasteiger partial charge is 0.355 e. The Morgan fingerprint density at radius 1 is 0.844 bits per heavy atom. The minimum atomic E-state index is -1.11. The molecule has 22 nitrogen and oxygen atoms in total. The number of likely N-dealkylation sites (tertiary alicyclic amines) is 1. The molecule has 96 heavy (non-hydrogen) atoms. The molecule has 7 aliphatic rings. The Bertz CT molecular complexity index is 4040. The summed E-state index contributed by atoms with van der Waals surface area (Å²) < 4.78 is 10.4. The summed E-state index contributed by atoms with van der Waals surface area (Å²) >= 11 is 3.14. The maximum absolute atomic E-state index is 14.2. The number of aliphatic hydroxyl groups excluding tert-OH is 1. The van der Waals surface area contributed by atoms with Crippen LogP contribution >= 0.6 is 22.7 Å². The Morgan fingerprint density at radius 2 is 1.59 bits per heavy atom. The van der Waals surface area contributed by atoms with Crippen LogP contribution in [-0.4, -0.2) is 166 Å². The van der Waals surface area contributed by atoms with Crippen LogP contribution in [0.5, 0.6) is 0 Å². The number of carboxylic acid groups (broad SMARTS) is 1. The molecule has 5 aromatic heterocycles. The van der Waals surface area contributed by atoms with Crippen LogP contribution in [0.3, 0.4) is 0 Å². The summed E-state index contributed by atoms with van der Waals surface area (Å²) in [5.41, 5.74) is 9.02. The summed E-state index contributed by atoms with van der Waals surface area (Å²) in [7, 11) is 0. The van der Waals surface area contributed by atoms with Gasteiger partial charge in [-0.05, 0) is 142 Å². The average molecular weight is 1340 g/mol. The van der Waals surface area contributed by atoms with Crippen molar-refractivity contribution in [2.24, 2.45) is 21.7 Å². The van der Waals surface area contributed by atoms with Gasteiger partial charge in [0.15, 0.2) is 22.5 Å². The number of rotatable bonds is 22. The number of fused-ring (bicyclic) bond motifs is 2. The molecular weight excluding hydrogens is 1250 g/mol. The largest absolute Gasteiger partial charge is 0.476 e. The fourth-order valence-electron chi connectivity index (χ4n) is 17.6. The molecule has 4 amide bonds. The topological polar surface area (TPSA) is 266 Å². The van der Waals surface area contributed by atoms with Crippen molar-refractivity contribution in [2.45, 2.75) is 176 Å². The van der Waals surface area contributed by atoms with Crippen LogP contribution in [0, 0.1) is 42.4 Å². The number of nitrogens with one attached hydrogen (secondary N) is 3. The molecule has 6 fully saturated rings. The molecular formula is C72H90N14O8S2. The van der Waals surface area contributed by atoms with Crippen molar-refractivity contribution >= 4 is 85.1 Å². The molecule has 7 aromatic rings. The van der Waals surface area contributed by atoms with Gasteiger partial charge in [0.1, 0.15) is 17.9 Å². The molecule has 5 N–H and O–H groups in total. The van der Waals surface area contributed by atoms with Gasteiger partial charge in [0.25, 0.3) is 0 Å². The number of benzene rings is 2. The monoisotopic (exact) mass is 1340 g/mol. The van der Waals surface area contributed by atoms with Crippen LogP contribution in [0.4, 0.5) is 22.6 Å². The molecule has 3 aliphatic heterocycles. The van der Waals surface area contributed by atoms with Gasteiger partial charge in [-0.15, -0.1) is 21.5 Å². The van der Waals surface area contributed by atoms with Gasteiger partial charge in [-0.3, -0.25) is 28.8 Å². The van der Waals surface area contributed by atoms with Crippen LogP contribution in [0.15, 0.2) is 72.4 Å². The number of piperazine rings is 1. The molecule has 0 radical (unpaired) electrons. The summed E-state index contributed by atoms with van der Waals surface area (Å²) in [6, 6.07) is 17.9. The maximum atomic E-state index is 14.2. The number of thiazole rings is 2. The van der Waals surface area contributed by atoms with Crippen molar-refractivity contribution in [3.8, 4) is 21.6 Å². The number of carboxylic acids is 1. The zero-order valence-corrected chi connectivity index (χ0v) is 58.1. The number of para-hydroxylation sites is 1.